The molecule has 1 rings (SSSR count). The molecule has 0 aliphatic rings. The van der Waals surface area contributed by atoms with Gasteiger partial charge in [-0.1, -0.05) is 19.0 Å². The first-order chi connectivity index (χ1) is 8.09. The summed E-state index contributed by atoms with van der Waals surface area (Å²) in [6.45, 7) is 6.93. The SMILES string of the molecule is CC(C)c1nc(CS(=O)(=O)CCC(C)(C)O)no1. The summed E-state index contributed by atoms with van der Waals surface area (Å²) in [4.78, 5) is 4.02. The van der Waals surface area contributed by atoms with Crippen molar-refractivity contribution in [3.05, 3.63) is 11.7 Å². The summed E-state index contributed by atoms with van der Waals surface area (Å²) >= 11 is 0. The van der Waals surface area contributed by atoms with Crippen LogP contribution in [0, 0.1) is 0 Å². The predicted octanol–water partition coefficient (Wildman–Crippen LogP) is 1.27. The van der Waals surface area contributed by atoms with Gasteiger partial charge in [-0.3, -0.25) is 0 Å². The number of hydrogen-bond donors (Lipinski definition) is 1. The Labute approximate surface area is 107 Å². The molecule has 0 bridgehead atoms. The van der Waals surface area contributed by atoms with E-state index in [-0.39, 0.29) is 29.7 Å². The van der Waals surface area contributed by atoms with Crippen molar-refractivity contribution in [1.82, 2.24) is 10.1 Å². The molecule has 0 fully saturated rings. The molecule has 0 amide bonds. The highest BCUT2D eigenvalue weighted by Crippen LogP contribution is 2.14. The zero-order valence-electron chi connectivity index (χ0n) is 11.2. The van der Waals surface area contributed by atoms with Gasteiger partial charge in [0.1, 0.15) is 5.75 Å². The fourth-order valence-electron chi connectivity index (χ4n) is 1.23. The molecule has 6 nitrogen and oxygen atoms in total. The van der Waals surface area contributed by atoms with E-state index < -0.39 is 15.4 Å². The number of sulfone groups is 1. The Kier molecular flexibility index (Phi) is 4.50. The topological polar surface area (TPSA) is 93.3 Å². The molecule has 0 aromatic carbocycles. The summed E-state index contributed by atoms with van der Waals surface area (Å²) in [6, 6.07) is 0. The average molecular weight is 276 g/mol. The smallest absolute Gasteiger partial charge is 0.229 e. The fourth-order valence-corrected chi connectivity index (χ4v) is 2.70. The lowest BCUT2D eigenvalue weighted by Gasteiger charge is -2.16. The standard InChI is InChI=1S/C11H20N2O4S/c1-8(2)10-12-9(13-17-10)7-18(15,16)6-5-11(3,4)14/h8,14H,5-7H2,1-4H3. The number of aromatic nitrogens is 2. The van der Waals surface area contributed by atoms with Gasteiger partial charge in [0.05, 0.1) is 11.4 Å². The third-order valence-electron chi connectivity index (χ3n) is 2.35. The summed E-state index contributed by atoms with van der Waals surface area (Å²) in [6.07, 6.45) is 0.185. The van der Waals surface area contributed by atoms with Crippen LogP contribution in [0.25, 0.3) is 0 Å². The lowest BCUT2D eigenvalue weighted by Crippen LogP contribution is -2.24. The largest absolute Gasteiger partial charge is 0.390 e. The maximum Gasteiger partial charge on any atom is 0.229 e. The van der Waals surface area contributed by atoms with Crippen LogP contribution in [0.3, 0.4) is 0 Å². The quantitative estimate of drug-likeness (QED) is 0.841. The highest BCUT2D eigenvalue weighted by atomic mass is 32.2. The molecule has 1 N–H and O–H groups in total. The first kappa shape index (κ1) is 15.1. The summed E-state index contributed by atoms with van der Waals surface area (Å²) in [5, 5.41) is 13.1. The van der Waals surface area contributed by atoms with Gasteiger partial charge in [-0.05, 0) is 20.3 Å². The molecule has 0 unspecified atom stereocenters. The Balaban J connectivity index is 2.65. The minimum absolute atomic E-state index is 0.0744. The van der Waals surface area contributed by atoms with Crippen molar-refractivity contribution in [1.29, 1.82) is 0 Å². The third kappa shape index (κ3) is 5.14. The van der Waals surface area contributed by atoms with Gasteiger partial charge in [-0.25, -0.2) is 8.42 Å². The van der Waals surface area contributed by atoms with E-state index in [1.165, 1.54) is 0 Å². The minimum atomic E-state index is -3.33. The molecule has 1 heterocycles. The van der Waals surface area contributed by atoms with Crippen LogP contribution in [0.5, 0.6) is 0 Å². The molecular weight excluding hydrogens is 256 g/mol. The number of rotatable bonds is 6. The van der Waals surface area contributed by atoms with Crippen LogP contribution >= 0.6 is 0 Å². The molecule has 104 valence electrons. The normalized spacial score (nSPS) is 13.2. The second-order valence-electron chi connectivity index (χ2n) is 5.36. The van der Waals surface area contributed by atoms with Crippen molar-refractivity contribution in [2.45, 2.75) is 51.4 Å². The molecule has 0 saturated carbocycles. The zero-order valence-corrected chi connectivity index (χ0v) is 12.0. The number of nitrogens with zero attached hydrogens (tertiary/aromatic N) is 2. The molecule has 1 aromatic rings. The molecule has 0 saturated heterocycles. The van der Waals surface area contributed by atoms with E-state index in [1.807, 2.05) is 13.8 Å². The first-order valence-corrected chi connectivity index (χ1v) is 7.66. The van der Waals surface area contributed by atoms with Gasteiger partial charge in [0.2, 0.25) is 5.89 Å². The highest BCUT2D eigenvalue weighted by molar-refractivity contribution is 7.90. The van der Waals surface area contributed by atoms with Crippen LogP contribution < -0.4 is 0 Å². The fraction of sp³-hybridized carbons (Fsp3) is 0.818. The second kappa shape index (κ2) is 5.36. The third-order valence-corrected chi connectivity index (χ3v) is 3.88. The van der Waals surface area contributed by atoms with Crippen molar-refractivity contribution in [2.24, 2.45) is 0 Å². The van der Waals surface area contributed by atoms with Crippen molar-refractivity contribution in [3.8, 4) is 0 Å². The van der Waals surface area contributed by atoms with Crippen molar-refractivity contribution in [2.75, 3.05) is 5.75 Å². The van der Waals surface area contributed by atoms with E-state index in [0.29, 0.717) is 5.89 Å². The number of aliphatic hydroxyl groups is 1. The summed E-state index contributed by atoms with van der Waals surface area (Å²) in [7, 11) is -3.33. The molecule has 0 radical (unpaired) electrons. The van der Waals surface area contributed by atoms with E-state index >= 15 is 0 Å². The molecule has 0 atom stereocenters. The van der Waals surface area contributed by atoms with Crippen LogP contribution in [-0.4, -0.2) is 35.0 Å². The zero-order chi connectivity index (χ0) is 14.0. The molecule has 0 aliphatic heterocycles. The van der Waals surface area contributed by atoms with Crippen LogP contribution in [0.2, 0.25) is 0 Å². The number of hydrogen-bond acceptors (Lipinski definition) is 6. The Hall–Kier alpha value is -0.950. The first-order valence-electron chi connectivity index (χ1n) is 5.84. The van der Waals surface area contributed by atoms with E-state index in [4.69, 9.17) is 4.52 Å². The van der Waals surface area contributed by atoms with Gasteiger partial charge in [0, 0.05) is 5.92 Å². The molecule has 0 spiro atoms. The van der Waals surface area contributed by atoms with E-state index in [9.17, 15) is 13.5 Å². The van der Waals surface area contributed by atoms with Crippen LogP contribution in [0.1, 0.15) is 51.7 Å². The van der Waals surface area contributed by atoms with Crippen molar-refractivity contribution >= 4 is 9.84 Å². The van der Waals surface area contributed by atoms with Gasteiger partial charge < -0.3 is 9.63 Å². The van der Waals surface area contributed by atoms with Gasteiger partial charge in [0.15, 0.2) is 15.7 Å². The van der Waals surface area contributed by atoms with Crippen LogP contribution in [-0.2, 0) is 15.6 Å². The molecule has 18 heavy (non-hydrogen) atoms. The Bertz CT molecular complexity index is 485. The van der Waals surface area contributed by atoms with E-state index in [1.54, 1.807) is 13.8 Å². The van der Waals surface area contributed by atoms with E-state index in [2.05, 4.69) is 10.1 Å². The summed E-state index contributed by atoms with van der Waals surface area (Å²) in [5.74, 6) is 0.337. The highest BCUT2D eigenvalue weighted by Gasteiger charge is 2.22. The predicted molar refractivity (Wildman–Crippen MR) is 66.8 cm³/mol. The van der Waals surface area contributed by atoms with E-state index in [0.717, 1.165) is 0 Å². The van der Waals surface area contributed by atoms with Crippen LogP contribution in [0.15, 0.2) is 4.52 Å². The average Bonchev–Trinajstić information content (AvgIpc) is 2.62. The van der Waals surface area contributed by atoms with Gasteiger partial charge in [0.25, 0.3) is 0 Å². The monoisotopic (exact) mass is 276 g/mol. The van der Waals surface area contributed by atoms with Gasteiger partial charge in [-0.15, -0.1) is 0 Å². The summed E-state index contributed by atoms with van der Waals surface area (Å²) in [5.41, 5.74) is -0.993. The molecule has 7 heteroatoms. The maximum atomic E-state index is 11.8. The minimum Gasteiger partial charge on any atom is -0.390 e. The molecule has 1 aromatic heterocycles. The lowest BCUT2D eigenvalue weighted by molar-refractivity contribution is 0.0772. The van der Waals surface area contributed by atoms with Crippen LogP contribution in [0.4, 0.5) is 0 Å². The van der Waals surface area contributed by atoms with Crippen molar-refractivity contribution in [3.63, 3.8) is 0 Å². The molecule has 0 aliphatic carbocycles. The van der Waals surface area contributed by atoms with Crippen molar-refractivity contribution < 1.29 is 18.0 Å². The summed E-state index contributed by atoms with van der Waals surface area (Å²) < 4.78 is 28.5. The Morgan fingerprint density at radius 3 is 2.44 bits per heavy atom. The Morgan fingerprint density at radius 1 is 1.39 bits per heavy atom. The lowest BCUT2D eigenvalue weighted by atomic mass is 10.1. The Morgan fingerprint density at radius 2 is 2.00 bits per heavy atom. The maximum absolute atomic E-state index is 11.8. The van der Waals surface area contributed by atoms with Gasteiger partial charge in [-0.2, -0.15) is 4.98 Å². The molecular formula is C11H20N2O4S. The second-order valence-corrected chi connectivity index (χ2v) is 7.54. The van der Waals surface area contributed by atoms with Gasteiger partial charge >= 0.3 is 0 Å².